The van der Waals surface area contributed by atoms with Crippen LogP contribution in [0.2, 0.25) is 10.0 Å². The van der Waals surface area contributed by atoms with Crippen LogP contribution in [0.4, 0.5) is 34.1 Å². The molecule has 0 N–H and O–H groups in total. The van der Waals surface area contributed by atoms with E-state index in [9.17, 15) is 0 Å². The van der Waals surface area contributed by atoms with E-state index >= 15 is 0 Å². The lowest BCUT2D eigenvalue weighted by molar-refractivity contribution is 0.570. The summed E-state index contributed by atoms with van der Waals surface area (Å²) in [4.78, 5) is 4.84. The van der Waals surface area contributed by atoms with Crippen LogP contribution in [0.3, 0.4) is 0 Å². The fourth-order valence-corrected chi connectivity index (χ4v) is 10.3. The van der Waals surface area contributed by atoms with E-state index in [4.69, 9.17) is 23.2 Å². The zero-order valence-corrected chi connectivity index (χ0v) is 43.3. The van der Waals surface area contributed by atoms with Crippen LogP contribution in [0, 0.1) is 0 Å². The predicted octanol–water partition coefficient (Wildman–Crippen LogP) is 20.9. The Morgan fingerprint density at radius 1 is 0.278 bits per heavy atom. The van der Waals surface area contributed by atoms with Gasteiger partial charge in [0.25, 0.3) is 0 Å². The zero-order valence-electron chi connectivity index (χ0n) is 41.7. The molecule has 0 radical (unpaired) electrons. The van der Waals surface area contributed by atoms with Crippen LogP contribution in [-0.4, -0.2) is 0 Å². The summed E-state index contributed by atoms with van der Waals surface area (Å²) >= 11 is 14.2. The molecule has 10 aromatic rings. The van der Waals surface area contributed by atoms with Gasteiger partial charge in [0.05, 0.1) is 11.4 Å². The van der Waals surface area contributed by atoms with E-state index in [1.165, 1.54) is 11.1 Å². The van der Waals surface area contributed by atoms with Crippen LogP contribution >= 0.6 is 23.2 Å². The molecule has 0 heterocycles. The first-order chi connectivity index (χ1) is 34.8. The molecule has 0 aliphatic heterocycles. The maximum absolute atomic E-state index is 7.09. The number of halogens is 2. The SMILES string of the molecule is CC(C)(C)c1ccc(-c2cc(N(c3cccc(Cl)c3)c3c(-c4ccccc4)cccc3-c3ccccc3)cc(N(c3cccc(Cl)c3)c3c(-c4ccccc4)cccc3-c3ccccc3)c2)c(C(C)(C)C)c1. The normalized spacial score (nSPS) is 11.6. The van der Waals surface area contributed by atoms with Crippen molar-refractivity contribution >= 4 is 57.3 Å². The molecule has 0 bridgehead atoms. The number of para-hydroxylation sites is 2. The monoisotopic (exact) mass is 972 g/mol. The van der Waals surface area contributed by atoms with E-state index in [0.29, 0.717) is 10.0 Å². The van der Waals surface area contributed by atoms with Gasteiger partial charge in [-0.3, -0.25) is 0 Å². The Morgan fingerprint density at radius 2 is 0.639 bits per heavy atom. The quantitative estimate of drug-likeness (QED) is 0.127. The number of rotatable bonds is 11. The molecule has 10 rings (SSSR count). The largest absolute Gasteiger partial charge is 0.309 e. The number of benzene rings is 10. The lowest BCUT2D eigenvalue weighted by Crippen LogP contribution is -2.18. The molecule has 0 spiro atoms. The summed E-state index contributed by atoms with van der Waals surface area (Å²) in [5, 5.41) is 1.29. The van der Waals surface area contributed by atoms with Gasteiger partial charge in [-0.1, -0.05) is 253 Å². The van der Waals surface area contributed by atoms with Gasteiger partial charge in [0.15, 0.2) is 0 Å². The van der Waals surface area contributed by atoms with Gasteiger partial charge in [-0.15, -0.1) is 0 Å². The van der Waals surface area contributed by atoms with Crippen molar-refractivity contribution in [3.05, 3.63) is 264 Å². The van der Waals surface area contributed by atoms with E-state index in [1.807, 2.05) is 24.3 Å². The number of hydrogen-bond acceptors (Lipinski definition) is 2. The molecule has 0 aliphatic rings. The second kappa shape index (κ2) is 20.2. The Bertz CT molecular complexity index is 3190. The second-order valence-corrected chi connectivity index (χ2v) is 21.4. The van der Waals surface area contributed by atoms with Gasteiger partial charge in [0.1, 0.15) is 0 Å². The van der Waals surface area contributed by atoms with Crippen molar-refractivity contribution in [1.29, 1.82) is 0 Å². The maximum atomic E-state index is 7.09. The number of hydrogen-bond donors (Lipinski definition) is 0. The summed E-state index contributed by atoms with van der Waals surface area (Å²) in [5.74, 6) is 0. The van der Waals surface area contributed by atoms with Crippen LogP contribution in [0.25, 0.3) is 55.6 Å². The van der Waals surface area contributed by atoms with E-state index in [2.05, 4.69) is 270 Å². The summed E-state index contributed by atoms with van der Waals surface area (Å²) in [6.07, 6.45) is 0. The number of anilines is 6. The molecule has 0 fully saturated rings. The minimum atomic E-state index is -0.202. The van der Waals surface area contributed by atoms with Crippen LogP contribution < -0.4 is 9.80 Å². The fourth-order valence-electron chi connectivity index (χ4n) is 9.91. The molecular formula is C68H58Cl2N2. The smallest absolute Gasteiger partial charge is 0.0618 e. The molecule has 354 valence electrons. The van der Waals surface area contributed by atoms with E-state index in [0.717, 1.165) is 89.8 Å². The van der Waals surface area contributed by atoms with Crippen LogP contribution in [0.5, 0.6) is 0 Å². The molecule has 72 heavy (non-hydrogen) atoms. The van der Waals surface area contributed by atoms with Gasteiger partial charge in [0.2, 0.25) is 0 Å². The minimum absolute atomic E-state index is 0.0533. The molecule has 0 unspecified atom stereocenters. The molecule has 0 amide bonds. The van der Waals surface area contributed by atoms with Gasteiger partial charge in [-0.05, 0) is 110 Å². The number of nitrogens with zero attached hydrogens (tertiary/aromatic N) is 2. The van der Waals surface area contributed by atoms with Gasteiger partial charge in [-0.25, -0.2) is 0 Å². The van der Waals surface area contributed by atoms with Gasteiger partial charge < -0.3 is 9.80 Å². The summed E-state index contributed by atoms with van der Waals surface area (Å²) < 4.78 is 0. The average molecular weight is 974 g/mol. The highest BCUT2D eigenvalue weighted by atomic mass is 35.5. The Labute approximate surface area is 436 Å². The van der Waals surface area contributed by atoms with Crippen LogP contribution in [-0.2, 0) is 10.8 Å². The highest BCUT2D eigenvalue weighted by Crippen LogP contribution is 2.52. The van der Waals surface area contributed by atoms with Gasteiger partial charge in [0, 0.05) is 55.0 Å². The molecule has 0 saturated carbocycles. The third kappa shape index (κ3) is 9.99. The lowest BCUT2D eigenvalue weighted by atomic mass is 9.77. The van der Waals surface area contributed by atoms with Crippen molar-refractivity contribution in [1.82, 2.24) is 0 Å². The first kappa shape index (κ1) is 48.0. The van der Waals surface area contributed by atoms with Crippen molar-refractivity contribution in [3.8, 4) is 55.6 Å². The van der Waals surface area contributed by atoms with Gasteiger partial charge >= 0.3 is 0 Å². The fraction of sp³-hybridized carbons (Fsp3) is 0.118. The summed E-state index contributed by atoms with van der Waals surface area (Å²) in [5.41, 5.74) is 19.1. The summed E-state index contributed by atoms with van der Waals surface area (Å²) in [7, 11) is 0. The molecule has 10 aromatic carbocycles. The maximum Gasteiger partial charge on any atom is 0.0618 e. The molecular weight excluding hydrogens is 916 g/mol. The van der Waals surface area contributed by atoms with Crippen LogP contribution in [0.1, 0.15) is 52.7 Å². The Morgan fingerprint density at radius 3 is 0.972 bits per heavy atom. The summed E-state index contributed by atoms with van der Waals surface area (Å²) in [6, 6.07) is 86.8. The predicted molar refractivity (Wildman–Crippen MR) is 310 cm³/mol. The highest BCUT2D eigenvalue weighted by Gasteiger charge is 2.29. The van der Waals surface area contributed by atoms with E-state index in [1.54, 1.807) is 0 Å². The molecule has 0 atom stereocenters. The second-order valence-electron chi connectivity index (χ2n) is 20.5. The molecule has 0 saturated heterocycles. The lowest BCUT2D eigenvalue weighted by Gasteiger charge is -2.34. The Balaban J connectivity index is 1.38. The van der Waals surface area contributed by atoms with Crippen molar-refractivity contribution in [2.45, 2.75) is 52.4 Å². The molecule has 2 nitrogen and oxygen atoms in total. The topological polar surface area (TPSA) is 6.48 Å². The Kier molecular flexibility index (Phi) is 13.5. The third-order valence-electron chi connectivity index (χ3n) is 13.4. The molecule has 0 aliphatic carbocycles. The average Bonchev–Trinajstić information content (AvgIpc) is 3.39. The van der Waals surface area contributed by atoms with Crippen molar-refractivity contribution in [3.63, 3.8) is 0 Å². The standard InChI is InChI=1S/C68H58Cl2N2/c1-67(2,3)52-39-40-59(64(43-52)68(4,5)6)51-41-57(71(55-33-19-31-53(69)44-55)65-60(47-23-11-7-12-24-47)35-21-36-61(65)48-25-13-8-14-26-48)46-58(42-51)72(56-34-20-32-54(70)45-56)66-62(49-27-15-9-16-28-49)37-22-38-63(66)50-29-17-10-18-30-50/h7-46H,1-6H3. The first-order valence-electron chi connectivity index (χ1n) is 24.7. The minimum Gasteiger partial charge on any atom is -0.309 e. The summed E-state index contributed by atoms with van der Waals surface area (Å²) in [6.45, 7) is 13.9. The van der Waals surface area contributed by atoms with E-state index < -0.39 is 0 Å². The van der Waals surface area contributed by atoms with Gasteiger partial charge in [-0.2, -0.15) is 0 Å². The highest BCUT2D eigenvalue weighted by molar-refractivity contribution is 6.31. The zero-order chi connectivity index (χ0) is 50.0. The van der Waals surface area contributed by atoms with Crippen LogP contribution in [0.15, 0.2) is 243 Å². The van der Waals surface area contributed by atoms with Crippen molar-refractivity contribution in [2.75, 3.05) is 9.80 Å². The van der Waals surface area contributed by atoms with Crippen molar-refractivity contribution in [2.24, 2.45) is 0 Å². The Hall–Kier alpha value is -7.62. The third-order valence-corrected chi connectivity index (χ3v) is 13.9. The van der Waals surface area contributed by atoms with E-state index in [-0.39, 0.29) is 10.8 Å². The van der Waals surface area contributed by atoms with Crippen molar-refractivity contribution < 1.29 is 0 Å². The molecule has 0 aromatic heterocycles. The first-order valence-corrected chi connectivity index (χ1v) is 25.5. The molecule has 4 heteroatoms.